The Labute approximate surface area is 110 Å². The Morgan fingerprint density at radius 2 is 2.05 bits per heavy atom. The Kier molecular flexibility index (Phi) is 3.22. The van der Waals surface area contributed by atoms with Crippen LogP contribution in [-0.2, 0) is 4.74 Å². The molecule has 104 valence electrons. The third-order valence-corrected chi connectivity index (χ3v) is 3.57. The van der Waals surface area contributed by atoms with Crippen LogP contribution in [0.25, 0.3) is 0 Å². The lowest BCUT2D eigenvalue weighted by atomic mass is 9.93. The highest BCUT2D eigenvalue weighted by atomic mass is 16.7. The van der Waals surface area contributed by atoms with E-state index >= 15 is 0 Å². The number of methoxy groups -OCH3 is 1. The van der Waals surface area contributed by atoms with Crippen LogP contribution in [0, 0.1) is 5.92 Å². The quantitative estimate of drug-likeness (QED) is 0.829. The van der Waals surface area contributed by atoms with E-state index in [-0.39, 0.29) is 25.9 Å². The van der Waals surface area contributed by atoms with Crippen molar-refractivity contribution in [1.82, 2.24) is 0 Å². The van der Waals surface area contributed by atoms with Crippen molar-refractivity contribution >= 4 is 0 Å². The normalized spacial score (nSPS) is 28.7. The van der Waals surface area contributed by atoms with Crippen LogP contribution >= 0.6 is 0 Å². The van der Waals surface area contributed by atoms with Crippen LogP contribution in [0.2, 0.25) is 0 Å². The van der Waals surface area contributed by atoms with Crippen LogP contribution in [0.1, 0.15) is 11.7 Å². The molecule has 1 aromatic carbocycles. The first-order chi connectivity index (χ1) is 9.24. The second-order valence-corrected chi connectivity index (χ2v) is 4.62. The van der Waals surface area contributed by atoms with Crippen LogP contribution in [0.5, 0.6) is 17.2 Å². The van der Waals surface area contributed by atoms with Crippen LogP contribution in [0.15, 0.2) is 12.1 Å². The van der Waals surface area contributed by atoms with Crippen molar-refractivity contribution in [3.8, 4) is 17.2 Å². The van der Waals surface area contributed by atoms with Gasteiger partial charge in [0.05, 0.1) is 32.5 Å². The molecule has 1 aromatic rings. The standard InChI is InChI=1S/C13H16O6/c1-16-10-3-12-11(18-6-19-12)2-7(10)13-8(4-14)9(15)5-17-13/h2-3,8-9,13-15H,4-6H2,1H3/t8-,9-,13+/m0/s1. The lowest BCUT2D eigenvalue weighted by Gasteiger charge is -2.20. The average molecular weight is 268 g/mol. The zero-order chi connectivity index (χ0) is 13.4. The predicted octanol–water partition coefficient (Wildman–Crippen LogP) is 0.465. The highest BCUT2D eigenvalue weighted by molar-refractivity contribution is 5.53. The largest absolute Gasteiger partial charge is 0.496 e. The van der Waals surface area contributed by atoms with Crippen LogP contribution in [0.4, 0.5) is 0 Å². The fourth-order valence-electron chi connectivity index (χ4n) is 2.53. The molecule has 3 atom stereocenters. The molecule has 2 heterocycles. The van der Waals surface area contributed by atoms with E-state index in [0.29, 0.717) is 17.2 Å². The number of benzene rings is 1. The molecule has 0 amide bonds. The Morgan fingerprint density at radius 3 is 2.74 bits per heavy atom. The second-order valence-electron chi connectivity index (χ2n) is 4.62. The Bertz CT molecular complexity index is 474. The van der Waals surface area contributed by atoms with Gasteiger partial charge in [0.25, 0.3) is 0 Å². The topological polar surface area (TPSA) is 77.4 Å². The van der Waals surface area contributed by atoms with Gasteiger partial charge in [0, 0.05) is 17.5 Å². The van der Waals surface area contributed by atoms with Gasteiger partial charge in [-0.1, -0.05) is 0 Å². The van der Waals surface area contributed by atoms with Crippen LogP contribution < -0.4 is 14.2 Å². The molecule has 2 N–H and O–H groups in total. The molecular weight excluding hydrogens is 252 g/mol. The van der Waals surface area contributed by atoms with Crippen molar-refractivity contribution in [2.45, 2.75) is 12.2 Å². The van der Waals surface area contributed by atoms with Gasteiger partial charge >= 0.3 is 0 Å². The molecule has 2 aliphatic rings. The maximum absolute atomic E-state index is 9.80. The number of rotatable bonds is 3. The SMILES string of the molecule is COc1cc2c(cc1[C@H]1OC[C@H](O)[C@@H]1CO)OCO2. The van der Waals surface area contributed by atoms with Gasteiger partial charge < -0.3 is 29.2 Å². The lowest BCUT2D eigenvalue weighted by Crippen LogP contribution is -2.23. The van der Waals surface area contributed by atoms with E-state index in [2.05, 4.69) is 0 Å². The summed E-state index contributed by atoms with van der Waals surface area (Å²) in [6, 6.07) is 3.52. The molecule has 19 heavy (non-hydrogen) atoms. The first-order valence-electron chi connectivity index (χ1n) is 6.12. The highest BCUT2D eigenvalue weighted by Gasteiger charge is 2.39. The highest BCUT2D eigenvalue weighted by Crippen LogP contribution is 2.45. The van der Waals surface area contributed by atoms with Gasteiger partial charge in [-0.2, -0.15) is 0 Å². The number of aliphatic hydroxyl groups is 2. The molecule has 3 rings (SSSR count). The minimum absolute atomic E-state index is 0.149. The van der Waals surface area contributed by atoms with Crippen molar-refractivity contribution in [1.29, 1.82) is 0 Å². The summed E-state index contributed by atoms with van der Waals surface area (Å²) < 4.78 is 21.5. The first-order valence-corrected chi connectivity index (χ1v) is 6.12. The maximum atomic E-state index is 9.80. The molecule has 0 spiro atoms. The van der Waals surface area contributed by atoms with E-state index in [0.717, 1.165) is 5.56 Å². The molecular formula is C13H16O6. The molecule has 0 bridgehead atoms. The molecule has 0 aliphatic carbocycles. The van der Waals surface area contributed by atoms with Gasteiger partial charge in [-0.05, 0) is 6.07 Å². The Balaban J connectivity index is 2.00. The molecule has 0 radical (unpaired) electrons. The van der Waals surface area contributed by atoms with Gasteiger partial charge in [-0.15, -0.1) is 0 Å². The fourth-order valence-corrected chi connectivity index (χ4v) is 2.53. The van der Waals surface area contributed by atoms with Gasteiger partial charge in [0.2, 0.25) is 6.79 Å². The first kappa shape index (κ1) is 12.5. The molecule has 1 fully saturated rings. The number of hydrogen-bond donors (Lipinski definition) is 2. The minimum atomic E-state index is -0.676. The number of aliphatic hydroxyl groups excluding tert-OH is 2. The Morgan fingerprint density at radius 1 is 1.32 bits per heavy atom. The zero-order valence-corrected chi connectivity index (χ0v) is 10.5. The average Bonchev–Trinajstić information content (AvgIpc) is 3.02. The molecule has 0 unspecified atom stereocenters. The minimum Gasteiger partial charge on any atom is -0.496 e. The molecule has 0 aromatic heterocycles. The summed E-state index contributed by atoms with van der Waals surface area (Å²) in [5.41, 5.74) is 0.752. The number of hydrogen-bond acceptors (Lipinski definition) is 6. The van der Waals surface area contributed by atoms with E-state index < -0.39 is 12.2 Å². The predicted molar refractivity (Wildman–Crippen MR) is 64.4 cm³/mol. The second kappa shape index (κ2) is 4.88. The summed E-state index contributed by atoms with van der Waals surface area (Å²) in [5.74, 6) is 1.48. The molecule has 6 heteroatoms. The lowest BCUT2D eigenvalue weighted by molar-refractivity contribution is 0.0684. The number of fused-ring (bicyclic) bond motifs is 1. The third-order valence-electron chi connectivity index (χ3n) is 3.57. The maximum Gasteiger partial charge on any atom is 0.231 e. The van der Waals surface area contributed by atoms with Crippen molar-refractivity contribution in [3.05, 3.63) is 17.7 Å². The van der Waals surface area contributed by atoms with Gasteiger partial charge in [0.15, 0.2) is 11.5 Å². The van der Waals surface area contributed by atoms with Crippen molar-refractivity contribution in [3.63, 3.8) is 0 Å². The molecule has 2 aliphatic heterocycles. The van der Waals surface area contributed by atoms with E-state index in [1.165, 1.54) is 0 Å². The monoisotopic (exact) mass is 268 g/mol. The van der Waals surface area contributed by atoms with Gasteiger partial charge in [0.1, 0.15) is 5.75 Å². The van der Waals surface area contributed by atoms with Crippen molar-refractivity contribution in [2.24, 2.45) is 5.92 Å². The summed E-state index contributed by atoms with van der Waals surface area (Å²) >= 11 is 0. The zero-order valence-electron chi connectivity index (χ0n) is 10.5. The van der Waals surface area contributed by atoms with Gasteiger partial charge in [-0.25, -0.2) is 0 Å². The molecule has 6 nitrogen and oxygen atoms in total. The van der Waals surface area contributed by atoms with Crippen LogP contribution in [0.3, 0.4) is 0 Å². The third kappa shape index (κ3) is 2.01. The summed E-state index contributed by atoms with van der Waals surface area (Å²) in [6.07, 6.45) is -1.09. The van der Waals surface area contributed by atoms with Crippen LogP contribution in [-0.4, -0.2) is 43.4 Å². The summed E-state index contributed by atoms with van der Waals surface area (Å²) in [4.78, 5) is 0. The Hall–Kier alpha value is -1.50. The smallest absolute Gasteiger partial charge is 0.231 e. The molecule has 1 saturated heterocycles. The van der Waals surface area contributed by atoms with Gasteiger partial charge in [-0.3, -0.25) is 0 Å². The summed E-state index contributed by atoms with van der Waals surface area (Å²) in [7, 11) is 1.56. The van der Waals surface area contributed by atoms with E-state index in [9.17, 15) is 10.2 Å². The fraction of sp³-hybridized carbons (Fsp3) is 0.538. The molecule has 0 saturated carbocycles. The van der Waals surface area contributed by atoms with E-state index in [4.69, 9.17) is 18.9 Å². The summed E-state index contributed by atoms with van der Waals surface area (Å²) in [6.45, 7) is 0.233. The number of ether oxygens (including phenoxy) is 4. The van der Waals surface area contributed by atoms with Crippen molar-refractivity contribution in [2.75, 3.05) is 27.1 Å². The van der Waals surface area contributed by atoms with E-state index in [1.807, 2.05) is 0 Å². The van der Waals surface area contributed by atoms with Crippen molar-refractivity contribution < 1.29 is 29.2 Å². The summed E-state index contributed by atoms with van der Waals surface area (Å²) in [5, 5.41) is 19.2. The van der Waals surface area contributed by atoms with E-state index in [1.54, 1.807) is 19.2 Å².